The molecule has 5 nitrogen and oxygen atoms in total. The minimum atomic E-state index is -0.228. The van der Waals surface area contributed by atoms with Crippen molar-refractivity contribution in [3.63, 3.8) is 0 Å². The number of aliphatic hydroxyl groups is 1. The molecule has 0 unspecified atom stereocenters. The van der Waals surface area contributed by atoms with Crippen LogP contribution in [0.5, 0.6) is 11.5 Å². The maximum Gasteiger partial charge on any atom is 0.222 e. The number of aromatic hydroxyl groups is 1. The number of phenols is 1. The Kier molecular flexibility index (Phi) is 11.5. The highest BCUT2D eigenvalue weighted by Crippen LogP contribution is 2.55. The number of hydrogen-bond donors (Lipinski definition) is 2. The Labute approximate surface area is 282 Å². The molecule has 0 bridgehead atoms. The molecule has 1 aliphatic rings. The Bertz CT molecular complexity index is 1280. The number of likely N-dealkylation sites (tertiary alicyclic amines) is 1. The van der Waals surface area contributed by atoms with Crippen LogP contribution in [0.3, 0.4) is 0 Å². The number of piperidine rings is 1. The zero-order chi connectivity index (χ0) is 34.2. The topological polar surface area (TPSA) is 70.0 Å². The average Bonchev–Trinajstić information content (AvgIpc) is 2.90. The van der Waals surface area contributed by atoms with Gasteiger partial charge in [-0.05, 0) is 65.2 Å². The Morgan fingerprint density at radius 2 is 1.13 bits per heavy atom. The lowest BCUT2D eigenvalue weighted by Crippen LogP contribution is -2.43. The van der Waals surface area contributed by atoms with Crippen molar-refractivity contribution in [3.8, 4) is 11.5 Å². The van der Waals surface area contributed by atoms with E-state index in [2.05, 4.69) is 107 Å². The zero-order valence-electron chi connectivity index (χ0n) is 30.2. The molecule has 1 saturated heterocycles. The molecule has 0 spiro atoms. The first-order valence-corrected chi connectivity index (χ1v) is 18.0. The van der Waals surface area contributed by atoms with Gasteiger partial charge >= 0.3 is 0 Å². The molecule has 0 aliphatic carbocycles. The van der Waals surface area contributed by atoms with Crippen LogP contribution < -0.4 is 4.74 Å². The number of rotatable bonds is 8. The number of carbonyl (C=O) groups excluding carboxylic acids is 1. The van der Waals surface area contributed by atoms with Gasteiger partial charge in [-0.2, -0.15) is 0 Å². The molecule has 2 aromatic carbocycles. The van der Waals surface area contributed by atoms with E-state index in [9.17, 15) is 15.0 Å². The normalized spacial score (nSPS) is 16.2. The fraction of sp³-hybridized carbons (Fsp3) is 0.658. The van der Waals surface area contributed by atoms with Crippen LogP contribution in [-0.4, -0.2) is 51.9 Å². The molecule has 0 saturated carbocycles. The van der Waals surface area contributed by atoms with Gasteiger partial charge in [0.2, 0.25) is 5.91 Å². The average molecular weight is 658 g/mol. The number of thioether (sulfide) groups is 2. The van der Waals surface area contributed by atoms with Crippen molar-refractivity contribution < 1.29 is 19.7 Å². The number of methoxy groups -OCH3 is 1. The van der Waals surface area contributed by atoms with Crippen molar-refractivity contribution >= 4 is 29.4 Å². The largest absolute Gasteiger partial charge is 0.507 e. The third-order valence-corrected chi connectivity index (χ3v) is 11.6. The predicted octanol–water partition coefficient (Wildman–Crippen LogP) is 9.57. The molecule has 252 valence electrons. The molecular formula is C38H59NO4S2. The van der Waals surface area contributed by atoms with Crippen molar-refractivity contribution in [1.29, 1.82) is 0 Å². The predicted molar refractivity (Wildman–Crippen MR) is 192 cm³/mol. The Morgan fingerprint density at radius 3 is 1.47 bits per heavy atom. The number of aliphatic hydroxyl groups excluding tert-OH is 1. The molecule has 7 heteroatoms. The summed E-state index contributed by atoms with van der Waals surface area (Å²) in [7, 11) is 1.78. The SMILES string of the molecule is COc1c(C(C)(C)C)cc(SC2(Sc3cc(C(C)(C)C)c(O)c(C(C)(C)C)c3)CCN(C(=O)CCCO)CC2)cc1C(C)(C)C. The van der Waals surface area contributed by atoms with Crippen LogP contribution in [0.1, 0.15) is 131 Å². The Morgan fingerprint density at radius 1 is 0.756 bits per heavy atom. The molecular weight excluding hydrogens is 599 g/mol. The zero-order valence-corrected chi connectivity index (χ0v) is 31.9. The van der Waals surface area contributed by atoms with Gasteiger partial charge in [0.05, 0.1) is 11.2 Å². The smallest absolute Gasteiger partial charge is 0.222 e. The van der Waals surface area contributed by atoms with Gasteiger partial charge < -0.3 is 19.8 Å². The van der Waals surface area contributed by atoms with Gasteiger partial charge in [-0.25, -0.2) is 0 Å². The number of phenolic OH excluding ortho intramolecular Hbond substituents is 1. The van der Waals surface area contributed by atoms with E-state index in [1.54, 1.807) is 7.11 Å². The fourth-order valence-electron chi connectivity index (χ4n) is 5.95. The summed E-state index contributed by atoms with van der Waals surface area (Å²) in [6, 6.07) is 9.01. The lowest BCUT2D eigenvalue weighted by Gasteiger charge is -2.42. The van der Waals surface area contributed by atoms with E-state index in [1.807, 2.05) is 28.4 Å². The Balaban J connectivity index is 2.18. The number of benzene rings is 2. The van der Waals surface area contributed by atoms with Crippen LogP contribution in [-0.2, 0) is 26.5 Å². The highest BCUT2D eigenvalue weighted by Gasteiger charge is 2.40. The van der Waals surface area contributed by atoms with Gasteiger partial charge in [-0.3, -0.25) is 4.79 Å². The summed E-state index contributed by atoms with van der Waals surface area (Å²) in [6.45, 7) is 27.8. The molecule has 1 heterocycles. The van der Waals surface area contributed by atoms with E-state index < -0.39 is 0 Å². The standard InChI is InChI=1S/C38H59NO4S2/c1-34(2,3)27-21-25(22-28(32(27)42)35(4,5)6)44-38(16-18-39(19-17-38)31(41)15-14-20-40)45-26-23-29(36(7,8)9)33(43-13)30(24-26)37(10,11)12/h21-24,40,42H,14-20H2,1-13H3. The highest BCUT2D eigenvalue weighted by molar-refractivity contribution is 8.18. The second kappa shape index (κ2) is 13.7. The number of nitrogens with zero attached hydrogens (tertiary/aromatic N) is 1. The van der Waals surface area contributed by atoms with Crippen LogP contribution >= 0.6 is 23.5 Å². The second-order valence-electron chi connectivity index (χ2n) is 16.7. The highest BCUT2D eigenvalue weighted by atomic mass is 32.2. The van der Waals surface area contributed by atoms with E-state index in [0.717, 1.165) is 34.6 Å². The van der Waals surface area contributed by atoms with Crippen LogP contribution in [0.25, 0.3) is 0 Å². The van der Waals surface area contributed by atoms with Gasteiger partial charge in [-0.1, -0.05) is 83.1 Å². The van der Waals surface area contributed by atoms with Crippen LogP contribution in [0.2, 0.25) is 0 Å². The number of hydrogen-bond acceptors (Lipinski definition) is 6. The maximum atomic E-state index is 13.0. The molecule has 0 atom stereocenters. The summed E-state index contributed by atoms with van der Waals surface area (Å²) >= 11 is 3.80. The molecule has 2 N–H and O–H groups in total. The van der Waals surface area contributed by atoms with Crippen molar-refractivity contribution in [1.82, 2.24) is 4.90 Å². The third-order valence-electron chi connectivity index (χ3n) is 8.62. The second-order valence-corrected chi connectivity index (χ2v) is 19.9. The summed E-state index contributed by atoms with van der Waals surface area (Å²) in [5, 5.41) is 20.7. The van der Waals surface area contributed by atoms with Crippen LogP contribution in [0.15, 0.2) is 34.1 Å². The molecule has 1 fully saturated rings. The first-order valence-electron chi connectivity index (χ1n) is 16.4. The fourth-order valence-corrected chi connectivity index (χ4v) is 9.03. The molecule has 0 radical (unpaired) electrons. The van der Waals surface area contributed by atoms with E-state index in [4.69, 9.17) is 4.74 Å². The minimum Gasteiger partial charge on any atom is -0.507 e. The molecule has 1 aliphatic heterocycles. The van der Waals surface area contributed by atoms with E-state index in [0.29, 0.717) is 31.7 Å². The number of ether oxygens (including phenoxy) is 1. The van der Waals surface area contributed by atoms with Crippen molar-refractivity contribution in [3.05, 3.63) is 46.5 Å². The summed E-state index contributed by atoms with van der Waals surface area (Å²) in [5.74, 6) is 1.48. The van der Waals surface area contributed by atoms with Crippen molar-refractivity contribution in [2.45, 2.75) is 144 Å². The van der Waals surface area contributed by atoms with E-state index in [1.165, 1.54) is 16.0 Å². The summed E-state index contributed by atoms with van der Waals surface area (Å²) in [4.78, 5) is 17.3. The lowest BCUT2D eigenvalue weighted by molar-refractivity contribution is -0.132. The van der Waals surface area contributed by atoms with Gasteiger partial charge in [0.15, 0.2) is 0 Å². The lowest BCUT2D eigenvalue weighted by atomic mass is 9.79. The van der Waals surface area contributed by atoms with Crippen molar-refractivity contribution in [2.24, 2.45) is 0 Å². The summed E-state index contributed by atoms with van der Waals surface area (Å²) in [6.07, 6.45) is 2.53. The van der Waals surface area contributed by atoms with Gasteiger partial charge in [0, 0.05) is 58.2 Å². The van der Waals surface area contributed by atoms with E-state index >= 15 is 0 Å². The van der Waals surface area contributed by atoms with Gasteiger partial charge in [0.1, 0.15) is 11.5 Å². The molecule has 2 aromatic rings. The molecule has 3 rings (SSSR count). The maximum absolute atomic E-state index is 13.0. The quantitative estimate of drug-likeness (QED) is 0.276. The van der Waals surface area contributed by atoms with Crippen molar-refractivity contribution in [2.75, 3.05) is 26.8 Å². The first-order chi connectivity index (χ1) is 20.5. The summed E-state index contributed by atoms with van der Waals surface area (Å²) in [5.41, 5.74) is 3.67. The van der Waals surface area contributed by atoms with Gasteiger partial charge in [0.25, 0.3) is 0 Å². The van der Waals surface area contributed by atoms with E-state index in [-0.39, 0.29) is 38.3 Å². The third kappa shape index (κ3) is 9.16. The minimum absolute atomic E-state index is 0.0337. The van der Waals surface area contributed by atoms with Crippen LogP contribution in [0, 0.1) is 0 Å². The molecule has 1 amide bonds. The van der Waals surface area contributed by atoms with Gasteiger partial charge in [-0.15, -0.1) is 23.5 Å². The molecule has 0 aromatic heterocycles. The van der Waals surface area contributed by atoms with Crippen LogP contribution in [0.4, 0.5) is 0 Å². The first kappa shape index (κ1) is 37.6. The monoisotopic (exact) mass is 657 g/mol. The Hall–Kier alpha value is -1.83. The molecule has 45 heavy (non-hydrogen) atoms. The number of carbonyl (C=O) groups is 1. The number of amides is 1. The summed E-state index contributed by atoms with van der Waals surface area (Å²) < 4.78 is 5.84.